The summed E-state index contributed by atoms with van der Waals surface area (Å²) in [5.41, 5.74) is -1.06. The topological polar surface area (TPSA) is 119 Å². The highest BCUT2D eigenvalue weighted by Crippen LogP contribution is 2.25. The number of fused-ring (bicyclic) bond motifs is 1. The first-order valence-electron chi connectivity index (χ1n) is 9.54. The van der Waals surface area contributed by atoms with Crippen LogP contribution in [0.5, 0.6) is 0 Å². The number of hydrogen-bond donors (Lipinski definition) is 2. The van der Waals surface area contributed by atoms with Gasteiger partial charge < -0.3 is 14.9 Å². The highest BCUT2D eigenvalue weighted by Gasteiger charge is 2.30. The van der Waals surface area contributed by atoms with Crippen LogP contribution >= 0.6 is 0 Å². The lowest BCUT2D eigenvalue weighted by atomic mass is 9.94. The second kappa shape index (κ2) is 8.86. The van der Waals surface area contributed by atoms with E-state index in [-0.39, 0.29) is 34.7 Å². The minimum Gasteiger partial charge on any atom is -0.481 e. The Balaban J connectivity index is 2.53. The van der Waals surface area contributed by atoms with Gasteiger partial charge in [-0.15, -0.1) is 0 Å². The van der Waals surface area contributed by atoms with Gasteiger partial charge in [0.1, 0.15) is 0 Å². The third-order valence-electron chi connectivity index (χ3n) is 4.64. The lowest BCUT2D eigenvalue weighted by molar-refractivity contribution is -0.148. The average Bonchev–Trinajstić information content (AvgIpc) is 2.95. The number of carboxylic acids is 1. The molecule has 160 valence electrons. The van der Waals surface area contributed by atoms with Gasteiger partial charge in [0.25, 0.3) is 5.56 Å². The highest BCUT2D eigenvalue weighted by molar-refractivity contribution is 7.91. The molecule has 8 nitrogen and oxygen atoms in total. The van der Waals surface area contributed by atoms with E-state index in [0.29, 0.717) is 5.56 Å². The molecule has 0 aliphatic carbocycles. The van der Waals surface area contributed by atoms with Gasteiger partial charge in [-0.1, -0.05) is 26.3 Å². The Morgan fingerprint density at radius 3 is 2.59 bits per heavy atom. The predicted molar refractivity (Wildman–Crippen MR) is 111 cm³/mol. The Kier molecular flexibility index (Phi) is 6.94. The Labute approximate surface area is 170 Å². The van der Waals surface area contributed by atoms with Crippen LogP contribution in [0.4, 0.5) is 0 Å². The van der Waals surface area contributed by atoms with Gasteiger partial charge in [-0.3, -0.25) is 9.59 Å². The molecule has 1 aromatic carbocycles. The van der Waals surface area contributed by atoms with Gasteiger partial charge in [0, 0.05) is 6.54 Å². The number of rotatable bonds is 10. The first kappa shape index (κ1) is 22.7. The number of nitrogens with zero attached hydrogens (tertiary/aromatic N) is 1. The number of unbranched alkanes of at least 4 members (excludes halogenated alkanes) is 1. The summed E-state index contributed by atoms with van der Waals surface area (Å²) in [5, 5.41) is 12.5. The van der Waals surface area contributed by atoms with E-state index in [1.807, 2.05) is 6.08 Å². The zero-order chi connectivity index (χ0) is 21.8. The van der Waals surface area contributed by atoms with Crippen molar-refractivity contribution in [3.05, 3.63) is 40.3 Å². The number of sulfone groups is 1. The fourth-order valence-electron chi connectivity index (χ4n) is 2.76. The molecule has 0 aliphatic heterocycles. The van der Waals surface area contributed by atoms with E-state index < -0.39 is 26.8 Å². The van der Waals surface area contributed by atoms with E-state index in [4.69, 9.17) is 4.52 Å². The number of nitrogens with one attached hydrogen (secondary N) is 1. The lowest BCUT2D eigenvalue weighted by Gasteiger charge is -2.17. The molecule has 2 rings (SSSR count). The smallest absolute Gasteiger partial charge is 0.311 e. The van der Waals surface area contributed by atoms with Gasteiger partial charge in [0.15, 0.2) is 15.4 Å². The fraction of sp³-hybridized carbons (Fsp3) is 0.500. The quantitative estimate of drug-likeness (QED) is 0.602. The molecule has 2 aromatic rings. The number of carbonyl (C=O) groups is 1. The summed E-state index contributed by atoms with van der Waals surface area (Å²) in [6, 6.07) is 2.86. The van der Waals surface area contributed by atoms with E-state index in [2.05, 4.69) is 12.2 Å². The van der Waals surface area contributed by atoms with E-state index in [9.17, 15) is 23.1 Å². The van der Waals surface area contributed by atoms with Gasteiger partial charge in [0.05, 0.1) is 28.0 Å². The van der Waals surface area contributed by atoms with Crippen molar-refractivity contribution in [1.82, 2.24) is 10.1 Å². The van der Waals surface area contributed by atoms with Crippen LogP contribution in [0.25, 0.3) is 11.0 Å². The monoisotopic (exact) mass is 424 g/mol. The summed E-state index contributed by atoms with van der Waals surface area (Å²) >= 11 is 0. The van der Waals surface area contributed by atoms with Crippen LogP contribution in [-0.4, -0.2) is 30.0 Å². The number of aromatic nitrogens is 1. The average molecular weight is 425 g/mol. The van der Waals surface area contributed by atoms with E-state index in [0.717, 1.165) is 17.6 Å². The summed E-state index contributed by atoms with van der Waals surface area (Å²) in [7, 11) is -3.57. The van der Waals surface area contributed by atoms with E-state index >= 15 is 0 Å². The van der Waals surface area contributed by atoms with Crippen LogP contribution in [0.3, 0.4) is 0 Å². The van der Waals surface area contributed by atoms with Crippen molar-refractivity contribution in [2.24, 2.45) is 5.41 Å². The molecule has 0 fully saturated rings. The molecule has 9 heteroatoms. The molecule has 0 saturated heterocycles. The first-order valence-corrected chi connectivity index (χ1v) is 11.2. The normalized spacial score (nSPS) is 12.7. The van der Waals surface area contributed by atoms with Crippen LogP contribution in [-0.2, 0) is 27.7 Å². The fourth-order valence-corrected chi connectivity index (χ4v) is 3.89. The minimum atomic E-state index is -3.57. The summed E-state index contributed by atoms with van der Waals surface area (Å²) in [6.45, 7) is 6.66. The maximum absolute atomic E-state index is 12.7. The Hall–Kier alpha value is -2.55. The first-order chi connectivity index (χ1) is 13.5. The third kappa shape index (κ3) is 5.09. The minimum absolute atomic E-state index is 0.0754. The predicted octanol–water partition coefficient (Wildman–Crippen LogP) is 2.90. The lowest BCUT2D eigenvalue weighted by Crippen LogP contribution is -2.32. The van der Waals surface area contributed by atoms with Crippen LogP contribution in [0.1, 0.15) is 46.1 Å². The Bertz CT molecular complexity index is 1080. The summed E-state index contributed by atoms with van der Waals surface area (Å²) in [4.78, 5) is 24.1. The van der Waals surface area contributed by atoms with Crippen LogP contribution in [0.2, 0.25) is 0 Å². The number of carboxylic acid groups (broad SMARTS) is 1. The standard InChI is InChI=1S/C20H28N2O6S/c1-5-7-8-9-21-12-14-10-16-15(11-17(14)29(26,27)6-2)18(23)22(28-16)13-20(3,4)19(24)25/h8-11,21H,5-7,12-13H2,1-4H3,(H,24,25). The van der Waals surface area contributed by atoms with Gasteiger partial charge in [-0.2, -0.15) is 4.74 Å². The summed E-state index contributed by atoms with van der Waals surface area (Å²) in [5.74, 6) is -1.17. The highest BCUT2D eigenvalue weighted by atomic mass is 32.2. The summed E-state index contributed by atoms with van der Waals surface area (Å²) in [6.07, 6.45) is 5.64. The third-order valence-corrected chi connectivity index (χ3v) is 6.45. The Morgan fingerprint density at radius 2 is 2.00 bits per heavy atom. The second-order valence-corrected chi connectivity index (χ2v) is 9.80. The van der Waals surface area contributed by atoms with E-state index in [1.165, 1.54) is 26.0 Å². The van der Waals surface area contributed by atoms with Crippen LogP contribution < -0.4 is 10.9 Å². The van der Waals surface area contributed by atoms with Gasteiger partial charge in [0.2, 0.25) is 0 Å². The zero-order valence-corrected chi connectivity index (χ0v) is 18.0. The molecule has 2 N–H and O–H groups in total. The molecule has 29 heavy (non-hydrogen) atoms. The maximum Gasteiger partial charge on any atom is 0.311 e. The molecular weight excluding hydrogens is 396 g/mol. The van der Waals surface area contributed by atoms with Gasteiger partial charge in [-0.05, 0) is 44.2 Å². The molecule has 0 atom stereocenters. The van der Waals surface area contributed by atoms with Crippen molar-refractivity contribution in [2.75, 3.05) is 5.75 Å². The molecule has 0 radical (unpaired) electrons. The maximum atomic E-state index is 12.7. The van der Waals surface area contributed by atoms with Gasteiger partial charge >= 0.3 is 5.97 Å². The SMILES string of the molecule is CCCC=CNCc1cc2on(CC(C)(C)C(=O)O)c(=O)c2cc1S(=O)(=O)CC. The van der Waals surface area contributed by atoms with Crippen LogP contribution in [0, 0.1) is 5.41 Å². The number of hydrogen-bond acceptors (Lipinski definition) is 6. The van der Waals surface area contributed by atoms with Crippen LogP contribution in [0.15, 0.2) is 38.6 Å². The van der Waals surface area contributed by atoms with Crippen molar-refractivity contribution < 1.29 is 22.8 Å². The van der Waals surface area contributed by atoms with Crippen molar-refractivity contribution >= 4 is 26.8 Å². The van der Waals surface area contributed by atoms with Crippen molar-refractivity contribution in [1.29, 1.82) is 0 Å². The molecule has 0 spiro atoms. The summed E-state index contributed by atoms with van der Waals surface area (Å²) < 4.78 is 31.7. The largest absolute Gasteiger partial charge is 0.481 e. The van der Waals surface area contributed by atoms with Crippen molar-refractivity contribution in [2.45, 2.75) is 58.5 Å². The molecular formula is C20H28N2O6S. The Morgan fingerprint density at radius 1 is 1.31 bits per heavy atom. The molecule has 1 heterocycles. The van der Waals surface area contributed by atoms with Gasteiger partial charge in [-0.25, -0.2) is 8.42 Å². The number of aliphatic carboxylic acids is 1. The number of benzene rings is 1. The molecule has 0 aliphatic rings. The second-order valence-electron chi connectivity index (χ2n) is 7.55. The zero-order valence-electron chi connectivity index (χ0n) is 17.2. The molecule has 1 aromatic heterocycles. The molecule has 0 bridgehead atoms. The molecule has 0 amide bonds. The molecule has 0 saturated carbocycles. The van der Waals surface area contributed by atoms with Crippen molar-refractivity contribution in [3.8, 4) is 0 Å². The number of allylic oxidation sites excluding steroid dienone is 1. The van der Waals surface area contributed by atoms with E-state index in [1.54, 1.807) is 13.1 Å². The molecule has 0 unspecified atom stereocenters. The van der Waals surface area contributed by atoms with Crippen molar-refractivity contribution in [3.63, 3.8) is 0 Å².